The highest BCUT2D eigenvalue weighted by atomic mass is 16.2. The number of amides is 1. The van der Waals surface area contributed by atoms with Crippen LogP contribution >= 0.6 is 0 Å². The molecule has 2 saturated heterocycles. The molecule has 2 fully saturated rings. The number of anilines is 1. The number of hydrogen-bond acceptors (Lipinski definition) is 3. The van der Waals surface area contributed by atoms with Crippen molar-refractivity contribution in [2.45, 2.75) is 18.5 Å². The zero-order chi connectivity index (χ0) is 12.0. The van der Waals surface area contributed by atoms with E-state index in [9.17, 15) is 9.59 Å². The minimum atomic E-state index is 0.0277. The summed E-state index contributed by atoms with van der Waals surface area (Å²) in [5.41, 5.74) is 1.46. The topological polar surface area (TPSA) is 40.6 Å². The van der Waals surface area contributed by atoms with Crippen LogP contribution in [0.1, 0.15) is 16.8 Å². The molecule has 1 amide bonds. The van der Waals surface area contributed by atoms with Crippen molar-refractivity contribution >= 4 is 17.9 Å². The van der Waals surface area contributed by atoms with Gasteiger partial charge in [0.05, 0.1) is 12.1 Å². The SMILES string of the molecule is CN1CC2CC1C(=O)N2c1cccc(C=O)c1. The lowest BCUT2D eigenvalue weighted by molar-refractivity contribution is -0.122. The average molecular weight is 230 g/mol. The second-order valence-corrected chi connectivity index (χ2v) is 4.77. The van der Waals surface area contributed by atoms with Gasteiger partial charge in [0, 0.05) is 17.8 Å². The number of nitrogens with zero attached hydrogens (tertiary/aromatic N) is 2. The highest BCUT2D eigenvalue weighted by Gasteiger charge is 2.48. The Morgan fingerprint density at radius 2 is 2.24 bits per heavy atom. The molecule has 0 saturated carbocycles. The summed E-state index contributed by atoms with van der Waals surface area (Å²) in [4.78, 5) is 26.9. The average Bonchev–Trinajstić information content (AvgIpc) is 2.85. The van der Waals surface area contributed by atoms with Crippen LogP contribution in [-0.4, -0.2) is 42.8 Å². The van der Waals surface area contributed by atoms with Crippen molar-refractivity contribution in [1.29, 1.82) is 0 Å². The molecule has 2 aliphatic heterocycles. The van der Waals surface area contributed by atoms with E-state index in [0.717, 1.165) is 24.9 Å². The molecule has 2 atom stereocenters. The quantitative estimate of drug-likeness (QED) is 0.709. The molecule has 0 spiro atoms. The second kappa shape index (κ2) is 3.67. The van der Waals surface area contributed by atoms with Crippen molar-refractivity contribution in [2.75, 3.05) is 18.5 Å². The largest absolute Gasteiger partial charge is 0.307 e. The molecule has 2 aliphatic rings. The summed E-state index contributed by atoms with van der Waals surface area (Å²) in [5.74, 6) is 0.159. The van der Waals surface area contributed by atoms with Gasteiger partial charge in [-0.2, -0.15) is 0 Å². The summed E-state index contributed by atoms with van der Waals surface area (Å²) in [6.07, 6.45) is 1.72. The second-order valence-electron chi connectivity index (χ2n) is 4.77. The minimum absolute atomic E-state index is 0.0277. The smallest absolute Gasteiger partial charge is 0.244 e. The Kier molecular flexibility index (Phi) is 2.26. The lowest BCUT2D eigenvalue weighted by Gasteiger charge is -2.31. The molecule has 0 aromatic heterocycles. The molecule has 88 valence electrons. The molecule has 1 aromatic rings. The Labute approximate surface area is 99.8 Å². The van der Waals surface area contributed by atoms with Crippen LogP contribution in [0, 0.1) is 0 Å². The predicted octanol–water partition coefficient (Wildman–Crippen LogP) is 0.918. The normalized spacial score (nSPS) is 27.8. The molecule has 0 N–H and O–H groups in total. The highest BCUT2D eigenvalue weighted by Crippen LogP contribution is 2.34. The van der Waals surface area contributed by atoms with Crippen LogP contribution in [0.15, 0.2) is 24.3 Å². The number of likely N-dealkylation sites (N-methyl/N-ethyl adjacent to an activating group) is 1. The maximum atomic E-state index is 12.2. The number of benzene rings is 1. The lowest BCUT2D eigenvalue weighted by atomic mass is 10.2. The number of carbonyl (C=O) groups excluding carboxylic acids is 2. The molecule has 0 radical (unpaired) electrons. The molecule has 2 heterocycles. The Morgan fingerprint density at radius 1 is 1.41 bits per heavy atom. The first-order valence-electron chi connectivity index (χ1n) is 5.79. The molecular weight excluding hydrogens is 216 g/mol. The number of rotatable bonds is 2. The third-order valence-corrected chi connectivity index (χ3v) is 3.70. The van der Waals surface area contributed by atoms with Gasteiger partial charge in [-0.15, -0.1) is 0 Å². The molecule has 3 rings (SSSR count). The van der Waals surface area contributed by atoms with Crippen molar-refractivity contribution in [2.24, 2.45) is 0 Å². The zero-order valence-corrected chi connectivity index (χ0v) is 9.67. The Hall–Kier alpha value is -1.68. The first kappa shape index (κ1) is 10.5. The molecule has 17 heavy (non-hydrogen) atoms. The van der Waals surface area contributed by atoms with Gasteiger partial charge in [0.1, 0.15) is 6.29 Å². The Morgan fingerprint density at radius 3 is 2.88 bits per heavy atom. The lowest BCUT2D eigenvalue weighted by Crippen LogP contribution is -2.48. The minimum Gasteiger partial charge on any atom is -0.307 e. The van der Waals surface area contributed by atoms with Gasteiger partial charge in [0.2, 0.25) is 5.91 Å². The van der Waals surface area contributed by atoms with E-state index in [0.29, 0.717) is 5.56 Å². The summed E-state index contributed by atoms with van der Waals surface area (Å²) in [6, 6.07) is 7.54. The van der Waals surface area contributed by atoms with E-state index < -0.39 is 0 Å². The summed E-state index contributed by atoms with van der Waals surface area (Å²) in [6.45, 7) is 0.918. The van der Waals surface area contributed by atoms with Gasteiger partial charge in [0.25, 0.3) is 0 Å². The van der Waals surface area contributed by atoms with Crippen LogP contribution in [0.4, 0.5) is 5.69 Å². The van der Waals surface area contributed by atoms with Gasteiger partial charge in [-0.05, 0) is 25.6 Å². The van der Waals surface area contributed by atoms with E-state index in [1.807, 2.05) is 24.1 Å². The first-order chi connectivity index (χ1) is 8.20. The number of fused-ring (bicyclic) bond motifs is 2. The molecule has 2 bridgehead atoms. The third kappa shape index (κ3) is 1.48. The fourth-order valence-electron chi connectivity index (χ4n) is 2.87. The molecular formula is C13H14N2O2. The standard InChI is InChI=1S/C13H14N2O2/c1-14-7-11-6-12(14)13(17)15(11)10-4-2-3-9(5-10)8-16/h2-5,8,11-12H,6-7H2,1H3. The van der Waals surface area contributed by atoms with Crippen molar-refractivity contribution in [3.8, 4) is 0 Å². The molecule has 4 nitrogen and oxygen atoms in total. The predicted molar refractivity (Wildman–Crippen MR) is 64.1 cm³/mol. The zero-order valence-electron chi connectivity index (χ0n) is 9.67. The van der Waals surface area contributed by atoms with Gasteiger partial charge < -0.3 is 4.90 Å². The molecule has 2 unspecified atom stereocenters. The fraction of sp³-hybridized carbons (Fsp3) is 0.385. The number of carbonyl (C=O) groups is 2. The summed E-state index contributed by atoms with van der Waals surface area (Å²) < 4.78 is 0. The van der Waals surface area contributed by atoms with Crippen LogP contribution in [0.25, 0.3) is 0 Å². The van der Waals surface area contributed by atoms with E-state index >= 15 is 0 Å². The van der Waals surface area contributed by atoms with Crippen molar-refractivity contribution in [1.82, 2.24) is 4.90 Å². The van der Waals surface area contributed by atoms with Gasteiger partial charge in [-0.3, -0.25) is 14.5 Å². The van der Waals surface area contributed by atoms with Crippen LogP contribution in [-0.2, 0) is 4.79 Å². The summed E-state index contributed by atoms with van der Waals surface area (Å²) in [7, 11) is 1.99. The number of hydrogen-bond donors (Lipinski definition) is 0. The number of aldehydes is 1. The Balaban J connectivity index is 1.95. The summed E-state index contributed by atoms with van der Waals surface area (Å²) in [5, 5.41) is 0. The van der Waals surface area contributed by atoms with Crippen LogP contribution in [0.2, 0.25) is 0 Å². The maximum absolute atomic E-state index is 12.2. The number of piperazine rings is 1. The van der Waals surface area contributed by atoms with Gasteiger partial charge >= 0.3 is 0 Å². The third-order valence-electron chi connectivity index (χ3n) is 3.70. The van der Waals surface area contributed by atoms with Gasteiger partial charge in [0.15, 0.2) is 0 Å². The van der Waals surface area contributed by atoms with E-state index in [-0.39, 0.29) is 18.0 Å². The van der Waals surface area contributed by atoms with E-state index in [1.165, 1.54) is 0 Å². The van der Waals surface area contributed by atoms with Crippen molar-refractivity contribution in [3.63, 3.8) is 0 Å². The van der Waals surface area contributed by atoms with Gasteiger partial charge in [-0.1, -0.05) is 12.1 Å². The molecule has 1 aromatic carbocycles. The highest BCUT2D eigenvalue weighted by molar-refractivity contribution is 6.01. The maximum Gasteiger partial charge on any atom is 0.244 e. The van der Waals surface area contributed by atoms with E-state index in [1.54, 1.807) is 12.1 Å². The summed E-state index contributed by atoms with van der Waals surface area (Å²) >= 11 is 0. The molecule has 0 aliphatic carbocycles. The van der Waals surface area contributed by atoms with E-state index in [2.05, 4.69) is 4.90 Å². The van der Waals surface area contributed by atoms with E-state index in [4.69, 9.17) is 0 Å². The number of likely N-dealkylation sites (tertiary alicyclic amines) is 1. The van der Waals surface area contributed by atoms with Crippen molar-refractivity contribution in [3.05, 3.63) is 29.8 Å². The molecule has 4 heteroatoms. The van der Waals surface area contributed by atoms with Crippen molar-refractivity contribution < 1.29 is 9.59 Å². The van der Waals surface area contributed by atoms with Crippen LogP contribution < -0.4 is 4.90 Å². The monoisotopic (exact) mass is 230 g/mol. The first-order valence-corrected chi connectivity index (χ1v) is 5.79. The Bertz CT molecular complexity index is 486. The fourth-order valence-corrected chi connectivity index (χ4v) is 2.87. The van der Waals surface area contributed by atoms with Gasteiger partial charge in [-0.25, -0.2) is 0 Å². The van der Waals surface area contributed by atoms with Crippen LogP contribution in [0.3, 0.4) is 0 Å². The van der Waals surface area contributed by atoms with Crippen LogP contribution in [0.5, 0.6) is 0 Å².